The first-order chi connectivity index (χ1) is 18.5. The largest absolute Gasteiger partial charge is 0.573 e. The van der Waals surface area contributed by atoms with Gasteiger partial charge >= 0.3 is 6.36 Å². The number of rotatable bonds is 8. The summed E-state index contributed by atoms with van der Waals surface area (Å²) in [4.78, 5) is 32.9. The first-order valence-electron chi connectivity index (χ1n) is 11.9. The minimum absolute atomic E-state index is 0.0787. The summed E-state index contributed by atoms with van der Waals surface area (Å²) in [5.74, 6) is -3.49. The number of nitrogens with two attached hydrogens (primary N) is 2. The quantitative estimate of drug-likeness (QED) is 0.261. The van der Waals surface area contributed by atoms with Crippen molar-refractivity contribution in [1.82, 2.24) is 9.97 Å². The van der Waals surface area contributed by atoms with Gasteiger partial charge in [-0.15, -0.1) is 13.2 Å². The SMILES string of the molecule is NC(=O)c1cc(F)c(N[C@@H]2CCCCC2N)nc1Nc1cncc(NC(=O)c2ccccc2OC(F)(F)F)c1. The van der Waals surface area contributed by atoms with Crippen molar-refractivity contribution in [2.24, 2.45) is 11.5 Å². The second-order valence-electron chi connectivity index (χ2n) is 8.86. The third-order valence-electron chi connectivity index (χ3n) is 6.00. The minimum Gasteiger partial charge on any atom is -0.405 e. The average Bonchev–Trinajstić information content (AvgIpc) is 2.86. The van der Waals surface area contributed by atoms with Crippen LogP contribution in [-0.4, -0.2) is 40.2 Å². The number of amides is 2. The Labute approximate surface area is 220 Å². The summed E-state index contributed by atoms with van der Waals surface area (Å²) in [6.45, 7) is 0. The number of ether oxygens (including phenoxy) is 1. The van der Waals surface area contributed by atoms with E-state index in [1.54, 1.807) is 0 Å². The van der Waals surface area contributed by atoms with Crippen LogP contribution in [-0.2, 0) is 0 Å². The summed E-state index contributed by atoms with van der Waals surface area (Å²) < 4.78 is 56.9. The molecule has 0 spiro atoms. The minimum atomic E-state index is -4.99. The van der Waals surface area contributed by atoms with Gasteiger partial charge < -0.3 is 32.2 Å². The smallest absolute Gasteiger partial charge is 0.405 e. The number of nitrogens with one attached hydrogen (secondary N) is 3. The molecular weight excluding hydrogens is 522 g/mol. The van der Waals surface area contributed by atoms with Crippen molar-refractivity contribution in [2.45, 2.75) is 44.1 Å². The number of hydrogen-bond acceptors (Lipinski definition) is 8. The lowest BCUT2D eigenvalue weighted by Gasteiger charge is -2.30. The number of carbonyl (C=O) groups excluding carboxylic acids is 2. The van der Waals surface area contributed by atoms with Crippen molar-refractivity contribution < 1.29 is 31.9 Å². The number of hydrogen-bond donors (Lipinski definition) is 5. The molecule has 2 amide bonds. The molecule has 39 heavy (non-hydrogen) atoms. The number of pyridine rings is 2. The average molecular weight is 548 g/mol. The second-order valence-corrected chi connectivity index (χ2v) is 8.86. The van der Waals surface area contributed by atoms with E-state index in [4.69, 9.17) is 11.5 Å². The van der Waals surface area contributed by atoms with E-state index in [0.29, 0.717) is 0 Å². The number of primary amides is 1. The Balaban J connectivity index is 1.56. The number of aromatic nitrogens is 2. The molecule has 1 unspecified atom stereocenters. The van der Waals surface area contributed by atoms with Crippen LogP contribution in [0.25, 0.3) is 0 Å². The standard InChI is InChI=1S/C25H25F4N7O3/c26-17-10-16(21(31)37)22(36-23(17)35-19-7-3-2-6-18(19)30)33-13-9-14(12-32-11-13)34-24(38)15-5-1-4-8-20(15)39-25(27,28)29/h1,4-5,8-12,18-19H,2-3,6-7,30H2,(H2,31,37)(H,34,38)(H2,33,35,36)/t18?,19-/m1/s1. The number of para-hydroxylation sites is 1. The van der Waals surface area contributed by atoms with E-state index >= 15 is 0 Å². The maximum absolute atomic E-state index is 14.8. The molecule has 1 aliphatic carbocycles. The predicted octanol–water partition coefficient (Wildman–Crippen LogP) is 4.29. The van der Waals surface area contributed by atoms with E-state index in [1.807, 2.05) is 0 Å². The van der Waals surface area contributed by atoms with Gasteiger partial charge in [-0.2, -0.15) is 0 Å². The molecule has 2 heterocycles. The van der Waals surface area contributed by atoms with E-state index in [9.17, 15) is 27.2 Å². The fourth-order valence-electron chi connectivity index (χ4n) is 4.17. The van der Waals surface area contributed by atoms with Crippen molar-refractivity contribution in [3.05, 3.63) is 65.7 Å². The molecule has 1 aromatic carbocycles. The Morgan fingerprint density at radius 3 is 2.44 bits per heavy atom. The zero-order chi connectivity index (χ0) is 28.2. The lowest BCUT2D eigenvalue weighted by Crippen LogP contribution is -2.43. The Hall–Kier alpha value is -4.46. The van der Waals surface area contributed by atoms with Crippen LogP contribution in [0.4, 0.5) is 40.6 Å². The Bertz CT molecular complexity index is 1370. The molecule has 3 aromatic rings. The van der Waals surface area contributed by atoms with Crippen LogP contribution in [0.5, 0.6) is 5.75 Å². The summed E-state index contributed by atoms with van der Waals surface area (Å²) in [5, 5.41) is 8.27. The predicted molar refractivity (Wildman–Crippen MR) is 135 cm³/mol. The molecule has 206 valence electrons. The number of halogens is 4. The first-order valence-corrected chi connectivity index (χ1v) is 11.9. The fraction of sp³-hybridized carbons (Fsp3) is 0.280. The Morgan fingerprint density at radius 1 is 1.00 bits per heavy atom. The van der Waals surface area contributed by atoms with E-state index in [1.165, 1.54) is 36.7 Å². The molecule has 0 bridgehead atoms. The summed E-state index contributed by atoms with van der Waals surface area (Å²) in [6.07, 6.45) is 0.999. The van der Waals surface area contributed by atoms with Crippen LogP contribution in [0.15, 0.2) is 48.8 Å². The highest BCUT2D eigenvalue weighted by atomic mass is 19.4. The summed E-state index contributed by atoms with van der Waals surface area (Å²) >= 11 is 0. The van der Waals surface area contributed by atoms with Crippen molar-refractivity contribution in [3.8, 4) is 5.75 Å². The molecule has 4 rings (SSSR count). The Morgan fingerprint density at radius 2 is 1.72 bits per heavy atom. The molecule has 7 N–H and O–H groups in total. The van der Waals surface area contributed by atoms with Crippen molar-refractivity contribution in [2.75, 3.05) is 16.0 Å². The second kappa shape index (κ2) is 11.5. The topological polar surface area (TPSA) is 157 Å². The van der Waals surface area contributed by atoms with Gasteiger partial charge in [-0.25, -0.2) is 9.37 Å². The highest BCUT2D eigenvalue weighted by Gasteiger charge is 2.33. The fourth-order valence-corrected chi connectivity index (χ4v) is 4.17. The van der Waals surface area contributed by atoms with Crippen molar-refractivity contribution >= 4 is 34.8 Å². The summed E-state index contributed by atoms with van der Waals surface area (Å²) in [6, 6.07) is 6.78. The molecule has 2 aromatic heterocycles. The zero-order valence-corrected chi connectivity index (χ0v) is 20.4. The van der Waals surface area contributed by atoms with Crippen LogP contribution in [0.2, 0.25) is 0 Å². The summed E-state index contributed by atoms with van der Waals surface area (Å²) in [7, 11) is 0. The van der Waals surface area contributed by atoms with Crippen LogP contribution in [0.3, 0.4) is 0 Å². The number of nitrogens with zero attached hydrogens (tertiary/aromatic N) is 2. The molecule has 1 saturated carbocycles. The van der Waals surface area contributed by atoms with Gasteiger partial charge in [0.25, 0.3) is 11.8 Å². The lowest BCUT2D eigenvalue weighted by molar-refractivity contribution is -0.274. The van der Waals surface area contributed by atoms with Crippen LogP contribution in [0.1, 0.15) is 46.4 Å². The molecule has 1 aliphatic rings. The molecule has 0 radical (unpaired) electrons. The van der Waals surface area contributed by atoms with E-state index in [0.717, 1.165) is 37.8 Å². The maximum atomic E-state index is 14.8. The van der Waals surface area contributed by atoms with Gasteiger partial charge in [-0.1, -0.05) is 25.0 Å². The third-order valence-corrected chi connectivity index (χ3v) is 6.00. The van der Waals surface area contributed by atoms with Gasteiger partial charge in [0.1, 0.15) is 11.6 Å². The van der Waals surface area contributed by atoms with Crippen LogP contribution < -0.4 is 32.2 Å². The number of alkyl halides is 3. The number of benzene rings is 1. The van der Waals surface area contributed by atoms with Crippen LogP contribution in [0, 0.1) is 5.82 Å². The normalized spacial score (nSPS) is 17.3. The molecule has 1 fully saturated rings. The highest BCUT2D eigenvalue weighted by molar-refractivity contribution is 6.06. The van der Waals surface area contributed by atoms with Gasteiger partial charge in [0.15, 0.2) is 11.6 Å². The molecule has 0 aliphatic heterocycles. The third kappa shape index (κ3) is 7.10. The lowest BCUT2D eigenvalue weighted by atomic mass is 9.91. The van der Waals surface area contributed by atoms with E-state index in [2.05, 4.69) is 30.7 Å². The molecular formula is C25H25F4N7O3. The number of anilines is 4. The van der Waals surface area contributed by atoms with E-state index in [-0.39, 0.29) is 46.2 Å². The molecule has 14 heteroatoms. The summed E-state index contributed by atoms with van der Waals surface area (Å²) in [5.41, 5.74) is 11.3. The van der Waals surface area contributed by atoms with Crippen molar-refractivity contribution in [1.29, 1.82) is 0 Å². The monoisotopic (exact) mass is 547 g/mol. The van der Waals surface area contributed by atoms with Gasteiger partial charge in [0.2, 0.25) is 0 Å². The van der Waals surface area contributed by atoms with Gasteiger partial charge in [0.05, 0.1) is 34.9 Å². The van der Waals surface area contributed by atoms with Gasteiger partial charge in [-0.05, 0) is 37.1 Å². The van der Waals surface area contributed by atoms with Gasteiger partial charge in [-0.3, -0.25) is 14.6 Å². The molecule has 10 nitrogen and oxygen atoms in total. The molecule has 2 atom stereocenters. The maximum Gasteiger partial charge on any atom is 0.573 e. The van der Waals surface area contributed by atoms with Gasteiger partial charge in [0, 0.05) is 12.1 Å². The first kappa shape index (κ1) is 27.6. The number of carbonyl (C=O) groups is 2. The molecule has 0 saturated heterocycles. The Kier molecular flexibility index (Phi) is 8.14. The van der Waals surface area contributed by atoms with Crippen LogP contribution >= 0.6 is 0 Å². The van der Waals surface area contributed by atoms with Crippen molar-refractivity contribution in [3.63, 3.8) is 0 Å². The van der Waals surface area contributed by atoms with E-state index < -0.39 is 29.7 Å². The highest BCUT2D eigenvalue weighted by Crippen LogP contribution is 2.29. The zero-order valence-electron chi connectivity index (χ0n) is 20.4.